The molecule has 3 atom stereocenters. The molecule has 1 saturated carbocycles. The molecule has 3 aliphatic rings. The number of rotatable bonds is 3. The summed E-state index contributed by atoms with van der Waals surface area (Å²) < 4.78 is 0. The van der Waals surface area contributed by atoms with E-state index >= 15 is 0 Å². The molecule has 0 saturated heterocycles. The molecule has 2 heteroatoms. The van der Waals surface area contributed by atoms with Gasteiger partial charge in [-0.25, -0.2) is 0 Å². The summed E-state index contributed by atoms with van der Waals surface area (Å²) in [7, 11) is 0. The van der Waals surface area contributed by atoms with Crippen LogP contribution in [0.25, 0.3) is 0 Å². The molecule has 104 valence electrons. The summed E-state index contributed by atoms with van der Waals surface area (Å²) in [4.78, 5) is 0. The Bertz CT molecular complexity index is 446. The van der Waals surface area contributed by atoms with Crippen molar-refractivity contribution in [1.29, 1.82) is 0 Å². The highest BCUT2D eigenvalue weighted by molar-refractivity contribution is 5.30. The topological polar surface area (TPSA) is 24.7 Å². The van der Waals surface area contributed by atoms with E-state index < -0.39 is 0 Å². The van der Waals surface area contributed by atoms with Crippen LogP contribution in [0, 0.1) is 11.3 Å². The fourth-order valence-electron chi connectivity index (χ4n) is 4.17. The van der Waals surface area contributed by atoms with Crippen molar-refractivity contribution in [3.8, 4) is 0 Å². The number of nitrogens with zero attached hydrogens (tertiary/aromatic N) is 2. The van der Waals surface area contributed by atoms with Gasteiger partial charge in [-0.3, -0.25) is 0 Å². The zero-order chi connectivity index (χ0) is 13.5. The van der Waals surface area contributed by atoms with Crippen molar-refractivity contribution in [3.63, 3.8) is 0 Å². The van der Waals surface area contributed by atoms with Gasteiger partial charge in [0.05, 0.1) is 12.6 Å². The zero-order valence-corrected chi connectivity index (χ0v) is 12.4. The van der Waals surface area contributed by atoms with Crippen molar-refractivity contribution < 1.29 is 0 Å². The molecule has 3 rings (SSSR count). The Balaban J connectivity index is 1.66. The van der Waals surface area contributed by atoms with Crippen LogP contribution in [0.4, 0.5) is 0 Å². The minimum atomic E-state index is 0.371. The van der Waals surface area contributed by atoms with Crippen molar-refractivity contribution in [1.82, 2.24) is 0 Å². The van der Waals surface area contributed by atoms with Crippen LogP contribution in [0.15, 0.2) is 33.5 Å². The second kappa shape index (κ2) is 4.88. The van der Waals surface area contributed by atoms with Crippen molar-refractivity contribution in [3.05, 3.63) is 23.3 Å². The Hall–Kier alpha value is -0.920. The van der Waals surface area contributed by atoms with E-state index in [2.05, 4.69) is 30.7 Å². The zero-order valence-electron chi connectivity index (χ0n) is 12.4. The second-order valence-electron chi connectivity index (χ2n) is 6.98. The van der Waals surface area contributed by atoms with Crippen LogP contribution in [-0.4, -0.2) is 12.6 Å². The van der Waals surface area contributed by atoms with Crippen LogP contribution in [0.5, 0.6) is 0 Å². The van der Waals surface area contributed by atoms with Gasteiger partial charge in [-0.05, 0) is 55.4 Å². The Morgan fingerprint density at radius 2 is 2.21 bits per heavy atom. The normalized spacial score (nSPS) is 38.1. The maximum Gasteiger partial charge on any atom is 0.0942 e. The first-order valence-corrected chi connectivity index (χ1v) is 7.87. The van der Waals surface area contributed by atoms with Gasteiger partial charge in [0.2, 0.25) is 0 Å². The average molecular weight is 258 g/mol. The lowest BCUT2D eigenvalue weighted by Gasteiger charge is -2.40. The molecule has 1 aliphatic heterocycles. The Labute approximate surface area is 117 Å². The fraction of sp³-hybridized carbons (Fsp3) is 0.765. The SMILES string of the molecule is C=C1[C@H](C)CCC[C@@]1(C)CCC1=C2CN=NC2CC1. The molecular formula is C17H26N2. The van der Waals surface area contributed by atoms with Gasteiger partial charge in [-0.15, -0.1) is 0 Å². The molecule has 19 heavy (non-hydrogen) atoms. The van der Waals surface area contributed by atoms with Gasteiger partial charge in [-0.2, -0.15) is 10.2 Å². The van der Waals surface area contributed by atoms with Crippen molar-refractivity contribution in [2.75, 3.05) is 6.54 Å². The maximum atomic E-state index is 4.41. The van der Waals surface area contributed by atoms with Gasteiger partial charge in [0.15, 0.2) is 0 Å². The summed E-state index contributed by atoms with van der Waals surface area (Å²) in [6.45, 7) is 10.1. The van der Waals surface area contributed by atoms with Gasteiger partial charge >= 0.3 is 0 Å². The highest BCUT2D eigenvalue weighted by Gasteiger charge is 2.35. The van der Waals surface area contributed by atoms with Crippen LogP contribution in [-0.2, 0) is 0 Å². The van der Waals surface area contributed by atoms with Crippen LogP contribution in [0.3, 0.4) is 0 Å². The van der Waals surface area contributed by atoms with Crippen LogP contribution >= 0.6 is 0 Å². The molecule has 0 N–H and O–H groups in total. The first-order chi connectivity index (χ1) is 9.10. The van der Waals surface area contributed by atoms with Crippen LogP contribution in [0.2, 0.25) is 0 Å². The molecule has 0 amide bonds. The fourth-order valence-corrected chi connectivity index (χ4v) is 4.17. The summed E-state index contributed by atoms with van der Waals surface area (Å²) >= 11 is 0. The molecule has 1 fully saturated rings. The molecule has 0 aromatic rings. The minimum absolute atomic E-state index is 0.371. The lowest BCUT2D eigenvalue weighted by molar-refractivity contribution is 0.247. The number of hydrogen-bond acceptors (Lipinski definition) is 2. The molecular weight excluding hydrogens is 232 g/mol. The third-order valence-corrected chi connectivity index (χ3v) is 5.75. The van der Waals surface area contributed by atoms with E-state index in [-0.39, 0.29) is 0 Å². The molecule has 1 heterocycles. The lowest BCUT2D eigenvalue weighted by atomic mass is 9.65. The molecule has 0 radical (unpaired) electrons. The Kier molecular flexibility index (Phi) is 3.36. The summed E-state index contributed by atoms with van der Waals surface area (Å²) in [5.74, 6) is 0.712. The van der Waals surface area contributed by atoms with Gasteiger partial charge in [0, 0.05) is 0 Å². The first-order valence-electron chi connectivity index (χ1n) is 7.87. The summed E-state index contributed by atoms with van der Waals surface area (Å²) in [5.41, 5.74) is 5.09. The first kappa shape index (κ1) is 13.1. The Morgan fingerprint density at radius 1 is 1.37 bits per heavy atom. The van der Waals surface area contributed by atoms with E-state index in [0.29, 0.717) is 17.4 Å². The number of fused-ring (bicyclic) bond motifs is 1. The maximum absolute atomic E-state index is 4.41. The second-order valence-corrected chi connectivity index (χ2v) is 6.98. The monoisotopic (exact) mass is 258 g/mol. The molecule has 0 spiro atoms. The van der Waals surface area contributed by atoms with Gasteiger partial charge in [0.1, 0.15) is 0 Å². The predicted octanol–water partition coefficient (Wildman–Crippen LogP) is 5.07. The van der Waals surface area contributed by atoms with Gasteiger partial charge in [0.25, 0.3) is 0 Å². The molecule has 2 aliphatic carbocycles. The molecule has 2 nitrogen and oxygen atoms in total. The predicted molar refractivity (Wildman–Crippen MR) is 79.3 cm³/mol. The van der Waals surface area contributed by atoms with E-state index in [0.717, 1.165) is 6.54 Å². The number of allylic oxidation sites excluding steroid dienone is 2. The van der Waals surface area contributed by atoms with E-state index in [4.69, 9.17) is 0 Å². The van der Waals surface area contributed by atoms with Crippen LogP contribution < -0.4 is 0 Å². The van der Waals surface area contributed by atoms with Crippen molar-refractivity contribution >= 4 is 0 Å². The van der Waals surface area contributed by atoms with Gasteiger partial charge in [-0.1, -0.05) is 38.0 Å². The standard InChI is InChI=1S/C17H26N2/c1-12-5-4-9-17(3,13(12)2)10-8-14-6-7-16-15(14)11-18-19-16/h12,16H,2,4-11H2,1,3H3/t12-,16?,17+/m1/s1. The van der Waals surface area contributed by atoms with E-state index in [9.17, 15) is 0 Å². The third kappa shape index (κ3) is 2.30. The van der Waals surface area contributed by atoms with Crippen molar-refractivity contribution in [2.45, 2.75) is 64.8 Å². The van der Waals surface area contributed by atoms with E-state index in [1.165, 1.54) is 50.5 Å². The van der Waals surface area contributed by atoms with Crippen molar-refractivity contribution in [2.24, 2.45) is 21.6 Å². The Morgan fingerprint density at radius 3 is 3.05 bits per heavy atom. The number of azo groups is 1. The summed E-state index contributed by atoms with van der Waals surface area (Å²) in [5, 5.41) is 8.54. The highest BCUT2D eigenvalue weighted by Crippen LogP contribution is 2.47. The number of hydrogen-bond donors (Lipinski definition) is 0. The van der Waals surface area contributed by atoms with Gasteiger partial charge < -0.3 is 0 Å². The lowest BCUT2D eigenvalue weighted by Crippen LogP contribution is -2.27. The molecule has 1 unspecified atom stereocenters. The molecule has 0 bridgehead atoms. The summed E-state index contributed by atoms with van der Waals surface area (Å²) in [6.07, 6.45) is 9.04. The minimum Gasteiger partial charge on any atom is -0.189 e. The smallest absolute Gasteiger partial charge is 0.0942 e. The molecule has 0 aromatic heterocycles. The molecule has 0 aromatic carbocycles. The van der Waals surface area contributed by atoms with E-state index in [1.807, 2.05) is 0 Å². The third-order valence-electron chi connectivity index (χ3n) is 5.75. The quantitative estimate of drug-likeness (QED) is 0.631. The van der Waals surface area contributed by atoms with Crippen LogP contribution in [0.1, 0.15) is 58.8 Å². The average Bonchev–Trinajstić information content (AvgIpc) is 2.97. The largest absolute Gasteiger partial charge is 0.189 e. The highest BCUT2D eigenvalue weighted by atomic mass is 15.2. The van der Waals surface area contributed by atoms with E-state index in [1.54, 1.807) is 11.1 Å². The summed E-state index contributed by atoms with van der Waals surface area (Å²) in [6, 6.07) is 0.455.